The van der Waals surface area contributed by atoms with Crippen molar-refractivity contribution in [3.63, 3.8) is 0 Å². The van der Waals surface area contributed by atoms with Gasteiger partial charge in [0, 0.05) is 5.56 Å². The minimum Gasteiger partial charge on any atom is -0.478 e. The molecule has 0 aliphatic heterocycles. The Morgan fingerprint density at radius 2 is 2.06 bits per heavy atom. The van der Waals surface area contributed by atoms with Crippen LogP contribution in [0.4, 0.5) is 4.39 Å². The van der Waals surface area contributed by atoms with Crippen molar-refractivity contribution in [2.24, 2.45) is 5.92 Å². The Morgan fingerprint density at radius 3 is 2.53 bits per heavy atom. The van der Waals surface area contributed by atoms with Crippen LogP contribution in [0, 0.1) is 11.7 Å². The minimum absolute atomic E-state index is 0.0357. The van der Waals surface area contributed by atoms with Crippen LogP contribution in [0.25, 0.3) is 0 Å². The monoisotopic (exact) mass is 240 g/mol. The summed E-state index contributed by atoms with van der Waals surface area (Å²) >= 11 is 0. The molecule has 0 fully saturated rings. The molecule has 0 radical (unpaired) electrons. The van der Waals surface area contributed by atoms with Crippen LogP contribution >= 0.6 is 0 Å². The molecule has 0 aliphatic rings. The van der Waals surface area contributed by atoms with E-state index in [1.54, 1.807) is 0 Å². The molecule has 0 heterocycles. The van der Waals surface area contributed by atoms with E-state index in [1.165, 1.54) is 12.1 Å². The van der Waals surface area contributed by atoms with Crippen molar-refractivity contribution < 1.29 is 19.0 Å². The Bertz CT molecular complexity index is 402. The van der Waals surface area contributed by atoms with Gasteiger partial charge in [0.2, 0.25) is 0 Å². The highest BCUT2D eigenvalue weighted by Gasteiger charge is 2.11. The first-order valence-electron chi connectivity index (χ1n) is 5.55. The van der Waals surface area contributed by atoms with Gasteiger partial charge in [-0.25, -0.2) is 9.18 Å². The lowest BCUT2D eigenvalue weighted by Crippen LogP contribution is -2.15. The summed E-state index contributed by atoms with van der Waals surface area (Å²) in [7, 11) is 0. The molecule has 0 aliphatic carbocycles. The van der Waals surface area contributed by atoms with Crippen LogP contribution in [0.15, 0.2) is 18.2 Å². The molecule has 0 saturated heterocycles. The van der Waals surface area contributed by atoms with Crippen LogP contribution in [-0.2, 0) is 11.3 Å². The van der Waals surface area contributed by atoms with Crippen molar-refractivity contribution in [2.45, 2.75) is 33.5 Å². The van der Waals surface area contributed by atoms with Gasteiger partial charge in [-0.2, -0.15) is 0 Å². The molecule has 0 amide bonds. The maximum atomic E-state index is 13.5. The van der Waals surface area contributed by atoms with Crippen LogP contribution in [0.5, 0.6) is 0 Å². The predicted molar refractivity (Wildman–Crippen MR) is 62.4 cm³/mol. The number of hydrogen-bond donors (Lipinski definition) is 1. The quantitative estimate of drug-likeness (QED) is 0.860. The van der Waals surface area contributed by atoms with Gasteiger partial charge < -0.3 is 9.84 Å². The molecule has 1 N–H and O–H groups in total. The molecule has 17 heavy (non-hydrogen) atoms. The number of ether oxygens (including phenoxy) is 1. The molecule has 1 rings (SSSR count). The van der Waals surface area contributed by atoms with Crippen molar-refractivity contribution in [3.05, 3.63) is 35.1 Å². The maximum absolute atomic E-state index is 13.5. The molecule has 94 valence electrons. The first kappa shape index (κ1) is 13.6. The summed E-state index contributed by atoms with van der Waals surface area (Å²) in [4.78, 5) is 10.6. The van der Waals surface area contributed by atoms with E-state index in [2.05, 4.69) is 0 Å². The van der Waals surface area contributed by atoms with Crippen LogP contribution in [-0.4, -0.2) is 17.2 Å². The van der Waals surface area contributed by atoms with E-state index in [0.29, 0.717) is 11.5 Å². The summed E-state index contributed by atoms with van der Waals surface area (Å²) in [6.07, 6.45) is 0.0357. The smallest absolute Gasteiger partial charge is 0.335 e. The van der Waals surface area contributed by atoms with Crippen LogP contribution in [0.1, 0.15) is 36.7 Å². The molecule has 1 aromatic rings. The third kappa shape index (κ3) is 3.82. The number of carboxylic acids is 1. The molecule has 1 atom stereocenters. The van der Waals surface area contributed by atoms with Crippen molar-refractivity contribution in [1.29, 1.82) is 0 Å². The highest BCUT2D eigenvalue weighted by Crippen LogP contribution is 2.14. The SMILES string of the molecule is CC(C)C(C)OCc1ccc(C(=O)O)cc1F. The van der Waals surface area contributed by atoms with Gasteiger partial charge >= 0.3 is 5.97 Å². The molecule has 0 saturated carbocycles. The lowest BCUT2D eigenvalue weighted by atomic mass is 10.1. The second-order valence-electron chi connectivity index (χ2n) is 4.37. The number of benzene rings is 1. The minimum atomic E-state index is -1.13. The highest BCUT2D eigenvalue weighted by molar-refractivity contribution is 5.87. The van der Waals surface area contributed by atoms with Gasteiger partial charge in [-0.05, 0) is 25.0 Å². The second-order valence-corrected chi connectivity index (χ2v) is 4.37. The number of rotatable bonds is 5. The lowest BCUT2D eigenvalue weighted by molar-refractivity contribution is 0.0221. The van der Waals surface area contributed by atoms with Gasteiger partial charge in [0.05, 0.1) is 18.3 Å². The Morgan fingerprint density at radius 1 is 1.41 bits per heavy atom. The summed E-state index contributed by atoms with van der Waals surface area (Å²) < 4.78 is 19.0. The first-order valence-corrected chi connectivity index (χ1v) is 5.55. The fraction of sp³-hybridized carbons (Fsp3) is 0.462. The molecule has 0 spiro atoms. The Labute approximate surface area is 100 Å². The Balaban J connectivity index is 2.70. The number of halogens is 1. The van der Waals surface area contributed by atoms with E-state index >= 15 is 0 Å². The third-order valence-electron chi connectivity index (χ3n) is 2.74. The zero-order valence-electron chi connectivity index (χ0n) is 10.2. The number of carbonyl (C=O) groups is 1. The average Bonchev–Trinajstić information content (AvgIpc) is 2.26. The molecular formula is C13H17FO3. The highest BCUT2D eigenvalue weighted by atomic mass is 19.1. The van der Waals surface area contributed by atoms with E-state index in [-0.39, 0.29) is 18.3 Å². The van der Waals surface area contributed by atoms with Gasteiger partial charge in [0.1, 0.15) is 5.82 Å². The fourth-order valence-electron chi connectivity index (χ4n) is 1.21. The van der Waals surface area contributed by atoms with Crippen LogP contribution in [0.3, 0.4) is 0 Å². The third-order valence-corrected chi connectivity index (χ3v) is 2.74. The van der Waals surface area contributed by atoms with Gasteiger partial charge in [-0.3, -0.25) is 0 Å². The zero-order chi connectivity index (χ0) is 13.0. The van der Waals surface area contributed by atoms with Crippen molar-refractivity contribution in [2.75, 3.05) is 0 Å². The van der Waals surface area contributed by atoms with Crippen molar-refractivity contribution in [3.8, 4) is 0 Å². The molecule has 0 aromatic heterocycles. The van der Waals surface area contributed by atoms with E-state index in [4.69, 9.17) is 9.84 Å². The van der Waals surface area contributed by atoms with Crippen LogP contribution in [0.2, 0.25) is 0 Å². The topological polar surface area (TPSA) is 46.5 Å². The lowest BCUT2D eigenvalue weighted by Gasteiger charge is -2.16. The van der Waals surface area contributed by atoms with Gasteiger partial charge in [0.25, 0.3) is 0 Å². The fourth-order valence-corrected chi connectivity index (χ4v) is 1.21. The maximum Gasteiger partial charge on any atom is 0.335 e. The van der Waals surface area contributed by atoms with Gasteiger partial charge in [-0.15, -0.1) is 0 Å². The predicted octanol–water partition coefficient (Wildman–Crippen LogP) is 3.09. The van der Waals surface area contributed by atoms with Crippen molar-refractivity contribution in [1.82, 2.24) is 0 Å². The summed E-state index contributed by atoms with van der Waals surface area (Å²) in [5.74, 6) is -1.32. The zero-order valence-corrected chi connectivity index (χ0v) is 10.2. The summed E-state index contributed by atoms with van der Waals surface area (Å²) in [5, 5.41) is 8.69. The largest absolute Gasteiger partial charge is 0.478 e. The summed E-state index contributed by atoms with van der Waals surface area (Å²) in [5.41, 5.74) is 0.325. The summed E-state index contributed by atoms with van der Waals surface area (Å²) in [6, 6.07) is 3.84. The van der Waals surface area contributed by atoms with Crippen LogP contribution < -0.4 is 0 Å². The number of hydrogen-bond acceptors (Lipinski definition) is 2. The van der Waals surface area contributed by atoms with E-state index in [9.17, 15) is 9.18 Å². The standard InChI is InChI=1S/C13H17FO3/c1-8(2)9(3)17-7-11-5-4-10(13(15)16)6-12(11)14/h4-6,8-9H,7H2,1-3H3,(H,15,16). The second kappa shape index (κ2) is 5.77. The normalized spacial score (nSPS) is 12.8. The van der Waals surface area contributed by atoms with E-state index in [0.717, 1.165) is 6.07 Å². The molecular weight excluding hydrogens is 223 g/mol. The molecule has 0 bridgehead atoms. The van der Waals surface area contributed by atoms with Gasteiger partial charge in [-0.1, -0.05) is 19.9 Å². The summed E-state index contributed by atoms with van der Waals surface area (Å²) in [6.45, 7) is 6.13. The molecule has 1 unspecified atom stereocenters. The van der Waals surface area contributed by atoms with E-state index in [1.807, 2.05) is 20.8 Å². The average molecular weight is 240 g/mol. The molecule has 1 aromatic carbocycles. The number of carboxylic acid groups (broad SMARTS) is 1. The first-order chi connectivity index (χ1) is 7.91. The Hall–Kier alpha value is -1.42. The molecule has 3 nitrogen and oxygen atoms in total. The van der Waals surface area contributed by atoms with Crippen molar-refractivity contribution >= 4 is 5.97 Å². The van der Waals surface area contributed by atoms with Gasteiger partial charge in [0.15, 0.2) is 0 Å². The van der Waals surface area contributed by atoms with E-state index < -0.39 is 11.8 Å². The molecule has 4 heteroatoms. The number of aromatic carboxylic acids is 1. The Kier molecular flexibility index (Phi) is 4.63.